The fourth-order valence-corrected chi connectivity index (χ4v) is 2.77. The summed E-state index contributed by atoms with van der Waals surface area (Å²) >= 11 is 0. The van der Waals surface area contributed by atoms with Crippen LogP contribution in [0.2, 0.25) is 0 Å². The monoisotopic (exact) mass is 352 g/mol. The van der Waals surface area contributed by atoms with Crippen molar-refractivity contribution >= 4 is 28.7 Å². The van der Waals surface area contributed by atoms with Crippen LogP contribution >= 0.6 is 0 Å². The maximum atomic E-state index is 13.0. The Morgan fingerprint density at radius 1 is 0.923 bits per heavy atom. The van der Waals surface area contributed by atoms with Gasteiger partial charge in [-0.15, -0.1) is 0 Å². The lowest BCUT2D eigenvalue weighted by atomic mass is 9.84. The van der Waals surface area contributed by atoms with E-state index < -0.39 is 23.8 Å². The predicted octanol–water partition coefficient (Wildman–Crippen LogP) is 3.38. The van der Waals surface area contributed by atoms with E-state index in [0.29, 0.717) is 16.5 Å². The SMILES string of the molecule is CC(Cc1oc2ccccc2c1C(=O)c1ccccc1)(C(=O)O)C(=O)O. The number of ketones is 1. The smallest absolute Gasteiger partial charge is 0.321 e. The van der Waals surface area contributed by atoms with Crippen molar-refractivity contribution in [2.75, 3.05) is 0 Å². The zero-order valence-electron chi connectivity index (χ0n) is 13.9. The van der Waals surface area contributed by atoms with E-state index in [4.69, 9.17) is 4.42 Å². The lowest BCUT2D eigenvalue weighted by Gasteiger charge is -2.18. The third-order valence-corrected chi connectivity index (χ3v) is 4.39. The van der Waals surface area contributed by atoms with Crippen LogP contribution in [-0.4, -0.2) is 27.9 Å². The lowest BCUT2D eigenvalue weighted by Crippen LogP contribution is -2.38. The Labute approximate surface area is 148 Å². The summed E-state index contributed by atoms with van der Waals surface area (Å²) in [6.45, 7) is 1.10. The summed E-state index contributed by atoms with van der Waals surface area (Å²) in [5.41, 5.74) is -1.10. The van der Waals surface area contributed by atoms with Crippen LogP contribution in [0.15, 0.2) is 59.0 Å². The van der Waals surface area contributed by atoms with Gasteiger partial charge < -0.3 is 14.6 Å². The molecule has 0 saturated carbocycles. The second kappa shape index (κ2) is 6.48. The molecule has 6 nitrogen and oxygen atoms in total. The number of hydrogen-bond donors (Lipinski definition) is 2. The number of benzene rings is 2. The maximum Gasteiger partial charge on any atom is 0.321 e. The summed E-state index contributed by atoms with van der Waals surface area (Å²) in [4.78, 5) is 36.1. The first-order chi connectivity index (χ1) is 12.3. The van der Waals surface area contributed by atoms with Crippen LogP contribution in [0.5, 0.6) is 0 Å². The van der Waals surface area contributed by atoms with E-state index in [1.54, 1.807) is 54.6 Å². The fourth-order valence-electron chi connectivity index (χ4n) is 2.77. The number of carboxylic acid groups (broad SMARTS) is 2. The van der Waals surface area contributed by atoms with Crippen molar-refractivity contribution in [1.82, 2.24) is 0 Å². The average molecular weight is 352 g/mol. The quantitative estimate of drug-likeness (QED) is 0.520. The van der Waals surface area contributed by atoms with Gasteiger partial charge in [0.25, 0.3) is 0 Å². The Hall–Kier alpha value is -3.41. The summed E-state index contributed by atoms with van der Waals surface area (Å²) < 4.78 is 5.69. The Bertz CT molecular complexity index is 986. The second-order valence-electron chi connectivity index (χ2n) is 6.21. The normalized spacial score (nSPS) is 11.4. The van der Waals surface area contributed by atoms with Gasteiger partial charge in [0, 0.05) is 17.4 Å². The number of aliphatic carboxylic acids is 2. The number of carbonyl (C=O) groups is 3. The van der Waals surface area contributed by atoms with Gasteiger partial charge in [0.15, 0.2) is 11.2 Å². The summed E-state index contributed by atoms with van der Waals surface area (Å²) in [5.74, 6) is -3.29. The molecule has 0 bridgehead atoms. The largest absolute Gasteiger partial charge is 0.480 e. The topological polar surface area (TPSA) is 105 Å². The molecule has 0 aliphatic heterocycles. The molecular formula is C20H16O6. The molecule has 0 aliphatic carbocycles. The Balaban J connectivity index is 2.19. The molecule has 1 aromatic heterocycles. The molecule has 2 N–H and O–H groups in total. The van der Waals surface area contributed by atoms with E-state index >= 15 is 0 Å². The van der Waals surface area contributed by atoms with Crippen LogP contribution < -0.4 is 0 Å². The molecule has 0 atom stereocenters. The van der Waals surface area contributed by atoms with Crippen LogP contribution in [0.3, 0.4) is 0 Å². The average Bonchev–Trinajstić information content (AvgIpc) is 2.99. The second-order valence-corrected chi connectivity index (χ2v) is 6.21. The molecule has 0 unspecified atom stereocenters. The summed E-state index contributed by atoms with van der Waals surface area (Å²) in [6, 6.07) is 15.3. The van der Waals surface area contributed by atoms with E-state index in [0.717, 1.165) is 6.92 Å². The van der Waals surface area contributed by atoms with E-state index in [1.165, 1.54) is 0 Å². The number of hydrogen-bond acceptors (Lipinski definition) is 4. The lowest BCUT2D eigenvalue weighted by molar-refractivity contribution is -0.163. The number of rotatable bonds is 6. The molecule has 132 valence electrons. The van der Waals surface area contributed by atoms with E-state index in [-0.39, 0.29) is 17.1 Å². The van der Waals surface area contributed by atoms with Crippen molar-refractivity contribution in [3.63, 3.8) is 0 Å². The highest BCUT2D eigenvalue weighted by atomic mass is 16.4. The molecule has 6 heteroatoms. The highest BCUT2D eigenvalue weighted by Gasteiger charge is 2.44. The number of para-hydroxylation sites is 1. The van der Waals surface area contributed by atoms with Crippen molar-refractivity contribution in [3.8, 4) is 0 Å². The van der Waals surface area contributed by atoms with Gasteiger partial charge in [0.2, 0.25) is 0 Å². The summed E-state index contributed by atoms with van der Waals surface area (Å²) in [6.07, 6.45) is -0.444. The minimum atomic E-state index is -2.11. The van der Waals surface area contributed by atoms with E-state index in [2.05, 4.69) is 0 Å². The predicted molar refractivity (Wildman–Crippen MR) is 93.2 cm³/mol. The molecule has 3 rings (SSSR count). The fraction of sp³-hybridized carbons (Fsp3) is 0.150. The highest BCUT2D eigenvalue weighted by molar-refractivity contribution is 6.17. The van der Waals surface area contributed by atoms with Crippen molar-refractivity contribution in [2.24, 2.45) is 5.41 Å². The van der Waals surface area contributed by atoms with Gasteiger partial charge in [-0.3, -0.25) is 14.4 Å². The molecule has 0 amide bonds. The van der Waals surface area contributed by atoms with E-state index in [1.807, 2.05) is 0 Å². The van der Waals surface area contributed by atoms with Crippen LogP contribution in [0.1, 0.15) is 28.6 Å². The highest BCUT2D eigenvalue weighted by Crippen LogP contribution is 2.33. The van der Waals surface area contributed by atoms with Crippen LogP contribution in [0.25, 0.3) is 11.0 Å². The molecule has 0 aliphatic rings. The summed E-state index contributed by atoms with van der Waals surface area (Å²) in [7, 11) is 0. The first-order valence-electron chi connectivity index (χ1n) is 7.91. The van der Waals surface area contributed by atoms with Gasteiger partial charge in [0.1, 0.15) is 11.3 Å². The summed E-state index contributed by atoms with van der Waals surface area (Å²) in [5, 5.41) is 19.3. The van der Waals surface area contributed by atoms with Crippen LogP contribution in [0, 0.1) is 5.41 Å². The van der Waals surface area contributed by atoms with Gasteiger partial charge in [0.05, 0.1) is 5.56 Å². The minimum Gasteiger partial charge on any atom is -0.480 e. The molecular weight excluding hydrogens is 336 g/mol. The molecule has 3 aromatic rings. The first-order valence-corrected chi connectivity index (χ1v) is 7.91. The van der Waals surface area contributed by atoms with Crippen molar-refractivity contribution in [2.45, 2.75) is 13.3 Å². The Morgan fingerprint density at radius 3 is 2.12 bits per heavy atom. The molecule has 2 aromatic carbocycles. The Morgan fingerprint density at radius 2 is 1.50 bits per heavy atom. The molecule has 0 saturated heterocycles. The number of furan rings is 1. The van der Waals surface area contributed by atoms with E-state index in [9.17, 15) is 24.6 Å². The number of carboxylic acids is 2. The van der Waals surface area contributed by atoms with Crippen LogP contribution in [-0.2, 0) is 16.0 Å². The van der Waals surface area contributed by atoms with Gasteiger partial charge in [-0.2, -0.15) is 0 Å². The van der Waals surface area contributed by atoms with Gasteiger partial charge in [-0.1, -0.05) is 48.5 Å². The van der Waals surface area contributed by atoms with Crippen LogP contribution in [0.4, 0.5) is 0 Å². The van der Waals surface area contributed by atoms with Crippen molar-refractivity contribution in [1.29, 1.82) is 0 Å². The van der Waals surface area contributed by atoms with Crippen molar-refractivity contribution in [3.05, 3.63) is 71.5 Å². The minimum absolute atomic E-state index is 0.0485. The van der Waals surface area contributed by atoms with Crippen molar-refractivity contribution < 1.29 is 29.0 Å². The maximum absolute atomic E-state index is 13.0. The molecule has 0 radical (unpaired) electrons. The van der Waals surface area contributed by atoms with Gasteiger partial charge in [-0.25, -0.2) is 0 Å². The number of carbonyl (C=O) groups excluding carboxylic acids is 1. The Kier molecular flexibility index (Phi) is 4.34. The standard InChI is InChI=1S/C20H16O6/c1-20(18(22)23,19(24)25)11-15-16(13-9-5-6-10-14(13)26-15)17(21)12-7-3-2-4-8-12/h2-10H,11H2,1H3,(H,22,23)(H,24,25). The van der Waals surface area contributed by atoms with Gasteiger partial charge >= 0.3 is 11.9 Å². The third kappa shape index (κ3) is 2.86. The molecule has 26 heavy (non-hydrogen) atoms. The van der Waals surface area contributed by atoms with Gasteiger partial charge in [-0.05, 0) is 13.0 Å². The molecule has 0 fully saturated rings. The first kappa shape index (κ1) is 17.4. The molecule has 1 heterocycles. The zero-order valence-corrected chi connectivity index (χ0v) is 13.9. The number of fused-ring (bicyclic) bond motifs is 1. The zero-order chi connectivity index (χ0) is 18.9. The third-order valence-electron chi connectivity index (χ3n) is 4.39. The molecule has 0 spiro atoms.